The van der Waals surface area contributed by atoms with Gasteiger partial charge in [0.2, 0.25) is 0 Å². The normalized spacial score (nSPS) is 11.1. The molecule has 0 saturated carbocycles. The van der Waals surface area contributed by atoms with E-state index in [-0.39, 0.29) is 5.63 Å². The SMILES string of the molecule is CCCCCC/C=C/c1c(OC)cc(C)oc1=O. The smallest absolute Gasteiger partial charge is 0.346 e. The predicted molar refractivity (Wildman–Crippen MR) is 74.1 cm³/mol. The highest BCUT2D eigenvalue weighted by Crippen LogP contribution is 2.18. The maximum absolute atomic E-state index is 11.7. The van der Waals surface area contributed by atoms with Crippen molar-refractivity contribution < 1.29 is 9.15 Å². The zero-order valence-electron chi connectivity index (χ0n) is 11.5. The van der Waals surface area contributed by atoms with Crippen LogP contribution in [0.15, 0.2) is 21.4 Å². The minimum Gasteiger partial charge on any atom is -0.496 e. The molecule has 0 aliphatic rings. The van der Waals surface area contributed by atoms with Gasteiger partial charge in [0.15, 0.2) is 0 Å². The van der Waals surface area contributed by atoms with Crippen molar-refractivity contribution in [1.82, 2.24) is 0 Å². The summed E-state index contributed by atoms with van der Waals surface area (Å²) in [6, 6.07) is 1.73. The van der Waals surface area contributed by atoms with Crippen LogP contribution in [0.1, 0.15) is 50.4 Å². The fourth-order valence-electron chi connectivity index (χ4n) is 1.80. The van der Waals surface area contributed by atoms with Crippen LogP contribution in [-0.2, 0) is 0 Å². The first kappa shape index (κ1) is 14.6. The highest BCUT2D eigenvalue weighted by Gasteiger charge is 2.07. The van der Waals surface area contributed by atoms with Crippen molar-refractivity contribution in [3.8, 4) is 5.75 Å². The third kappa shape index (κ3) is 4.40. The Balaban J connectivity index is 2.66. The molecule has 0 fully saturated rings. The monoisotopic (exact) mass is 250 g/mol. The lowest BCUT2D eigenvalue weighted by atomic mass is 10.1. The molecule has 0 unspecified atom stereocenters. The molecule has 1 aromatic rings. The number of rotatable bonds is 7. The van der Waals surface area contributed by atoms with E-state index in [9.17, 15) is 4.79 Å². The summed E-state index contributed by atoms with van der Waals surface area (Å²) in [4.78, 5) is 11.7. The van der Waals surface area contributed by atoms with E-state index in [1.807, 2.05) is 6.08 Å². The number of hydrogen-bond donors (Lipinski definition) is 0. The maximum atomic E-state index is 11.7. The fourth-order valence-corrected chi connectivity index (χ4v) is 1.80. The fraction of sp³-hybridized carbons (Fsp3) is 0.533. The van der Waals surface area contributed by atoms with Gasteiger partial charge in [0.25, 0.3) is 0 Å². The molecule has 18 heavy (non-hydrogen) atoms. The zero-order valence-corrected chi connectivity index (χ0v) is 11.5. The summed E-state index contributed by atoms with van der Waals surface area (Å²) in [7, 11) is 1.56. The largest absolute Gasteiger partial charge is 0.496 e. The molecular formula is C15H22O3. The van der Waals surface area contributed by atoms with E-state index in [0.717, 1.165) is 12.8 Å². The first-order valence-electron chi connectivity index (χ1n) is 6.54. The van der Waals surface area contributed by atoms with Crippen molar-refractivity contribution in [3.05, 3.63) is 33.9 Å². The summed E-state index contributed by atoms with van der Waals surface area (Å²) in [5.41, 5.74) is 0.162. The van der Waals surface area contributed by atoms with Crippen molar-refractivity contribution in [1.29, 1.82) is 0 Å². The quantitative estimate of drug-likeness (QED) is 0.688. The van der Waals surface area contributed by atoms with E-state index in [1.54, 1.807) is 26.2 Å². The van der Waals surface area contributed by atoms with Gasteiger partial charge in [-0.1, -0.05) is 32.3 Å². The number of ether oxygens (including phenoxy) is 1. The van der Waals surface area contributed by atoms with Gasteiger partial charge in [0, 0.05) is 6.07 Å². The summed E-state index contributed by atoms with van der Waals surface area (Å²) in [6.45, 7) is 3.93. The molecule has 0 N–H and O–H groups in total. The number of methoxy groups -OCH3 is 1. The third-order valence-electron chi connectivity index (χ3n) is 2.80. The van der Waals surface area contributed by atoms with Gasteiger partial charge in [-0.3, -0.25) is 0 Å². The lowest BCUT2D eigenvalue weighted by Crippen LogP contribution is -2.06. The Morgan fingerprint density at radius 2 is 2.11 bits per heavy atom. The molecule has 0 aliphatic carbocycles. The Labute approximate surface area is 108 Å². The molecule has 0 radical (unpaired) electrons. The lowest BCUT2D eigenvalue weighted by molar-refractivity contribution is 0.395. The molecule has 0 aromatic carbocycles. The van der Waals surface area contributed by atoms with Gasteiger partial charge in [-0.25, -0.2) is 4.79 Å². The molecule has 3 nitrogen and oxygen atoms in total. The molecule has 3 heteroatoms. The van der Waals surface area contributed by atoms with E-state index < -0.39 is 0 Å². The van der Waals surface area contributed by atoms with Crippen LogP contribution in [0.3, 0.4) is 0 Å². The van der Waals surface area contributed by atoms with E-state index in [0.29, 0.717) is 17.1 Å². The summed E-state index contributed by atoms with van der Waals surface area (Å²) in [6.07, 6.45) is 9.69. The summed E-state index contributed by atoms with van der Waals surface area (Å²) >= 11 is 0. The summed E-state index contributed by atoms with van der Waals surface area (Å²) in [5.74, 6) is 1.14. The van der Waals surface area contributed by atoms with Crippen molar-refractivity contribution in [2.24, 2.45) is 0 Å². The highest BCUT2D eigenvalue weighted by molar-refractivity contribution is 5.55. The summed E-state index contributed by atoms with van der Waals surface area (Å²) in [5, 5.41) is 0. The van der Waals surface area contributed by atoms with Gasteiger partial charge in [-0.2, -0.15) is 0 Å². The van der Waals surface area contributed by atoms with Crippen molar-refractivity contribution >= 4 is 6.08 Å². The number of allylic oxidation sites excluding steroid dienone is 1. The van der Waals surface area contributed by atoms with Crippen LogP contribution in [0.25, 0.3) is 6.08 Å². The Hall–Kier alpha value is -1.51. The number of hydrogen-bond acceptors (Lipinski definition) is 3. The highest BCUT2D eigenvalue weighted by atomic mass is 16.5. The molecule has 0 saturated heterocycles. The third-order valence-corrected chi connectivity index (χ3v) is 2.80. The van der Waals surface area contributed by atoms with E-state index in [2.05, 4.69) is 6.92 Å². The van der Waals surface area contributed by atoms with Gasteiger partial charge in [-0.05, 0) is 25.8 Å². The van der Waals surface area contributed by atoms with Crippen LogP contribution < -0.4 is 10.4 Å². The van der Waals surface area contributed by atoms with Crippen LogP contribution >= 0.6 is 0 Å². The van der Waals surface area contributed by atoms with E-state index in [4.69, 9.17) is 9.15 Å². The Morgan fingerprint density at radius 3 is 2.78 bits per heavy atom. The molecule has 0 aliphatic heterocycles. The number of unbranched alkanes of at least 4 members (excludes halogenated alkanes) is 4. The van der Waals surface area contributed by atoms with Gasteiger partial charge in [0.1, 0.15) is 17.1 Å². The molecular weight excluding hydrogens is 228 g/mol. The second-order valence-corrected chi connectivity index (χ2v) is 4.38. The molecule has 0 spiro atoms. The standard InChI is InChI=1S/C15H22O3/c1-4-5-6-7-8-9-10-13-14(17-3)11-12(2)18-15(13)16/h9-11H,4-8H2,1-3H3/b10-9+. The maximum Gasteiger partial charge on any atom is 0.346 e. The van der Waals surface area contributed by atoms with Crippen LogP contribution in [-0.4, -0.2) is 7.11 Å². The van der Waals surface area contributed by atoms with Gasteiger partial charge in [0.05, 0.1) is 7.11 Å². The van der Waals surface area contributed by atoms with Crippen molar-refractivity contribution in [3.63, 3.8) is 0 Å². The van der Waals surface area contributed by atoms with Crippen molar-refractivity contribution in [2.75, 3.05) is 7.11 Å². The van der Waals surface area contributed by atoms with E-state index in [1.165, 1.54) is 19.3 Å². The first-order chi connectivity index (χ1) is 8.69. The molecule has 0 atom stereocenters. The Morgan fingerprint density at radius 1 is 1.33 bits per heavy atom. The van der Waals surface area contributed by atoms with Gasteiger partial charge in [-0.15, -0.1) is 0 Å². The minimum absolute atomic E-state index is 0.336. The Bertz CT molecular complexity index is 444. The molecule has 1 aromatic heterocycles. The average molecular weight is 250 g/mol. The number of aryl methyl sites for hydroxylation is 1. The molecule has 100 valence electrons. The van der Waals surface area contributed by atoms with Crippen LogP contribution in [0, 0.1) is 6.92 Å². The second-order valence-electron chi connectivity index (χ2n) is 4.38. The Kier molecular flexibility index (Phi) is 6.26. The second kappa shape index (κ2) is 7.75. The van der Waals surface area contributed by atoms with Crippen LogP contribution in [0.4, 0.5) is 0 Å². The lowest BCUT2D eigenvalue weighted by Gasteiger charge is -2.03. The van der Waals surface area contributed by atoms with Crippen LogP contribution in [0.2, 0.25) is 0 Å². The molecule has 0 bridgehead atoms. The average Bonchev–Trinajstić information content (AvgIpc) is 2.35. The minimum atomic E-state index is -0.336. The van der Waals surface area contributed by atoms with E-state index >= 15 is 0 Å². The topological polar surface area (TPSA) is 39.4 Å². The zero-order chi connectivity index (χ0) is 13.4. The molecule has 0 amide bonds. The van der Waals surface area contributed by atoms with Gasteiger partial charge >= 0.3 is 5.63 Å². The summed E-state index contributed by atoms with van der Waals surface area (Å²) < 4.78 is 10.3. The first-order valence-corrected chi connectivity index (χ1v) is 6.54. The molecule has 1 rings (SSSR count). The van der Waals surface area contributed by atoms with Crippen molar-refractivity contribution in [2.45, 2.75) is 46.0 Å². The molecule has 1 heterocycles. The van der Waals surface area contributed by atoms with Crippen LogP contribution in [0.5, 0.6) is 5.75 Å². The predicted octanol–water partition coefficient (Wildman–Crippen LogP) is 3.94. The van der Waals surface area contributed by atoms with Gasteiger partial charge < -0.3 is 9.15 Å².